The van der Waals surface area contributed by atoms with Crippen LogP contribution in [0, 0.1) is 5.92 Å². The van der Waals surface area contributed by atoms with Crippen LogP contribution in [0.15, 0.2) is 18.3 Å². The first-order valence-electron chi connectivity index (χ1n) is 10.8. The highest BCUT2D eigenvalue weighted by Gasteiger charge is 2.44. The van der Waals surface area contributed by atoms with Crippen molar-refractivity contribution in [3.8, 4) is 17.0 Å². The Balaban J connectivity index is 1.55. The van der Waals surface area contributed by atoms with Crippen LogP contribution in [0.2, 0.25) is 0 Å². The highest BCUT2D eigenvalue weighted by Crippen LogP contribution is 2.46. The fourth-order valence-electron chi connectivity index (χ4n) is 5.17. The number of aromatic nitrogens is 4. The Kier molecular flexibility index (Phi) is 4.14. The first-order chi connectivity index (χ1) is 15.3. The summed E-state index contributed by atoms with van der Waals surface area (Å²) < 4.78 is 38.4. The maximum Gasteiger partial charge on any atom is 0.387 e. The summed E-state index contributed by atoms with van der Waals surface area (Å²) in [5.41, 5.74) is 8.21. The minimum atomic E-state index is -2.99. The summed E-state index contributed by atoms with van der Waals surface area (Å²) in [4.78, 5) is 16.3. The van der Waals surface area contributed by atoms with Crippen molar-refractivity contribution in [1.82, 2.24) is 19.5 Å². The zero-order valence-electron chi connectivity index (χ0n) is 17.9. The van der Waals surface area contributed by atoms with Crippen molar-refractivity contribution >= 4 is 22.7 Å². The number of hydrogen-bond donors (Lipinski definition) is 1. The van der Waals surface area contributed by atoms with Gasteiger partial charge in [0.2, 0.25) is 0 Å². The fraction of sp³-hybridized carbons (Fsp3) is 0.500. The molecule has 0 aromatic carbocycles. The summed E-state index contributed by atoms with van der Waals surface area (Å²) in [7, 11) is 0. The first kappa shape index (κ1) is 19.7. The van der Waals surface area contributed by atoms with Gasteiger partial charge in [0.1, 0.15) is 16.9 Å². The standard InChI is InChI=1S/C22H24F2N6O2/c1-22(2)20-28-17-15(29(20)3-4-31-22)8-14(27-19(17)30-10-11-5-13(30)6-11)12-7-16(32-21(23)24)18(25)26-9-12/h7-9,11,13,21H,3-6,10H2,1-2H3,(H2,25,26). The van der Waals surface area contributed by atoms with Gasteiger partial charge in [-0.25, -0.2) is 15.0 Å². The van der Waals surface area contributed by atoms with Gasteiger partial charge in [0, 0.05) is 30.9 Å². The van der Waals surface area contributed by atoms with Crippen LogP contribution in [0.5, 0.6) is 5.75 Å². The summed E-state index contributed by atoms with van der Waals surface area (Å²) in [6.07, 6.45) is 3.88. The van der Waals surface area contributed by atoms with E-state index < -0.39 is 12.2 Å². The van der Waals surface area contributed by atoms with Crippen LogP contribution >= 0.6 is 0 Å². The van der Waals surface area contributed by atoms with Gasteiger partial charge in [-0.15, -0.1) is 0 Å². The molecule has 1 saturated carbocycles. The van der Waals surface area contributed by atoms with E-state index in [0.717, 1.165) is 29.2 Å². The minimum Gasteiger partial charge on any atom is -0.431 e. The lowest BCUT2D eigenvalue weighted by atomic mass is 9.86. The van der Waals surface area contributed by atoms with Crippen LogP contribution in [0.25, 0.3) is 22.3 Å². The molecule has 10 heteroatoms. The number of nitrogen functional groups attached to an aromatic ring is 1. The summed E-state index contributed by atoms with van der Waals surface area (Å²) in [6, 6.07) is 3.88. The van der Waals surface area contributed by atoms with Gasteiger partial charge < -0.3 is 24.7 Å². The van der Waals surface area contributed by atoms with Crippen LogP contribution in [-0.4, -0.2) is 45.3 Å². The van der Waals surface area contributed by atoms with E-state index in [9.17, 15) is 8.78 Å². The summed E-state index contributed by atoms with van der Waals surface area (Å²) in [5.74, 6) is 2.14. The number of fused-ring (bicyclic) bond motifs is 4. The molecule has 6 heterocycles. The quantitative estimate of drug-likeness (QED) is 0.661. The molecule has 4 aliphatic rings. The fourth-order valence-corrected chi connectivity index (χ4v) is 5.17. The van der Waals surface area contributed by atoms with Gasteiger partial charge in [0.25, 0.3) is 0 Å². The van der Waals surface area contributed by atoms with E-state index in [1.165, 1.54) is 25.1 Å². The van der Waals surface area contributed by atoms with Crippen molar-refractivity contribution < 1.29 is 18.3 Å². The van der Waals surface area contributed by atoms with Crippen molar-refractivity contribution in [3.63, 3.8) is 0 Å². The molecule has 32 heavy (non-hydrogen) atoms. The van der Waals surface area contributed by atoms with E-state index in [1.807, 2.05) is 19.9 Å². The average Bonchev–Trinajstić information content (AvgIpc) is 3.41. The lowest BCUT2D eigenvalue weighted by Gasteiger charge is -2.30. The Bertz CT molecular complexity index is 1220. The molecule has 0 amide bonds. The minimum absolute atomic E-state index is 0.0867. The molecule has 0 spiro atoms. The molecule has 0 radical (unpaired) electrons. The largest absolute Gasteiger partial charge is 0.431 e. The molecule has 3 aromatic heterocycles. The van der Waals surface area contributed by atoms with E-state index in [2.05, 4.69) is 19.2 Å². The number of pyridine rings is 2. The van der Waals surface area contributed by atoms with Crippen molar-refractivity contribution in [2.45, 2.75) is 51.5 Å². The molecule has 1 aliphatic carbocycles. The predicted molar refractivity (Wildman–Crippen MR) is 115 cm³/mol. The molecule has 3 aromatic rings. The Morgan fingerprint density at radius 2 is 2.06 bits per heavy atom. The molecular formula is C22H24F2N6O2. The number of rotatable bonds is 4. The molecular weight excluding hydrogens is 418 g/mol. The lowest BCUT2D eigenvalue weighted by molar-refractivity contribution is -0.0530. The predicted octanol–water partition coefficient (Wildman–Crippen LogP) is 3.54. The highest BCUT2D eigenvalue weighted by atomic mass is 19.3. The Hall–Kier alpha value is -3.01. The van der Waals surface area contributed by atoms with Crippen LogP contribution < -0.4 is 15.4 Å². The number of nitrogens with two attached hydrogens (primary N) is 1. The number of imidazole rings is 1. The van der Waals surface area contributed by atoms with E-state index in [4.69, 9.17) is 20.4 Å². The molecule has 0 atom stereocenters. The maximum absolute atomic E-state index is 12.8. The van der Waals surface area contributed by atoms with Crippen LogP contribution in [0.3, 0.4) is 0 Å². The number of anilines is 2. The van der Waals surface area contributed by atoms with Crippen molar-refractivity contribution in [1.29, 1.82) is 0 Å². The number of halogens is 2. The topological polar surface area (TPSA) is 91.3 Å². The number of hydrogen-bond acceptors (Lipinski definition) is 7. The van der Waals surface area contributed by atoms with E-state index >= 15 is 0 Å². The van der Waals surface area contributed by atoms with Gasteiger partial charge in [-0.3, -0.25) is 0 Å². The second kappa shape index (κ2) is 6.74. The van der Waals surface area contributed by atoms with E-state index in [-0.39, 0.29) is 11.6 Å². The molecule has 7 rings (SSSR count). The van der Waals surface area contributed by atoms with Crippen LogP contribution in [-0.2, 0) is 16.9 Å². The van der Waals surface area contributed by atoms with Gasteiger partial charge in [0.15, 0.2) is 17.4 Å². The normalized spacial score (nSPS) is 23.5. The summed E-state index contributed by atoms with van der Waals surface area (Å²) >= 11 is 0. The maximum atomic E-state index is 12.8. The molecule has 2 bridgehead atoms. The number of alkyl halides is 2. The molecule has 3 fully saturated rings. The van der Waals surface area contributed by atoms with Gasteiger partial charge in [-0.2, -0.15) is 8.78 Å². The summed E-state index contributed by atoms with van der Waals surface area (Å²) in [6.45, 7) is 3.27. The molecule has 168 valence electrons. The average molecular weight is 442 g/mol. The number of nitrogens with zero attached hydrogens (tertiary/aromatic N) is 5. The third-order valence-electron chi connectivity index (χ3n) is 6.81. The highest BCUT2D eigenvalue weighted by molar-refractivity contribution is 5.91. The third kappa shape index (κ3) is 2.92. The summed E-state index contributed by atoms with van der Waals surface area (Å²) in [5, 5.41) is 0. The van der Waals surface area contributed by atoms with Crippen LogP contribution in [0.1, 0.15) is 32.5 Å². The van der Waals surface area contributed by atoms with Gasteiger partial charge in [0.05, 0.1) is 17.8 Å². The molecule has 3 aliphatic heterocycles. The smallest absolute Gasteiger partial charge is 0.387 e. The van der Waals surface area contributed by atoms with E-state index in [0.29, 0.717) is 36.4 Å². The van der Waals surface area contributed by atoms with Crippen molar-refractivity contribution in [2.75, 3.05) is 23.8 Å². The molecule has 8 nitrogen and oxygen atoms in total. The zero-order valence-corrected chi connectivity index (χ0v) is 17.9. The second-order valence-electron chi connectivity index (χ2n) is 9.27. The number of ether oxygens (including phenoxy) is 2. The lowest BCUT2D eigenvalue weighted by Crippen LogP contribution is -2.33. The van der Waals surface area contributed by atoms with Crippen molar-refractivity contribution in [3.05, 3.63) is 24.2 Å². The SMILES string of the molecule is CC1(C)OCCn2c1nc1c(N3CC4CC3C4)nc(-c3cnc(N)c(OC(F)F)c3)cc12. The first-order valence-corrected chi connectivity index (χ1v) is 10.8. The van der Waals surface area contributed by atoms with Crippen LogP contribution in [0.4, 0.5) is 20.4 Å². The molecule has 0 unspecified atom stereocenters. The second-order valence-corrected chi connectivity index (χ2v) is 9.27. The monoisotopic (exact) mass is 442 g/mol. The van der Waals surface area contributed by atoms with E-state index in [1.54, 1.807) is 0 Å². The van der Waals surface area contributed by atoms with Crippen molar-refractivity contribution in [2.24, 2.45) is 5.92 Å². The van der Waals surface area contributed by atoms with Gasteiger partial charge >= 0.3 is 6.61 Å². The molecule has 2 saturated heterocycles. The Morgan fingerprint density at radius 3 is 2.78 bits per heavy atom. The third-order valence-corrected chi connectivity index (χ3v) is 6.81. The van der Waals surface area contributed by atoms with Gasteiger partial charge in [-0.05, 0) is 44.7 Å². The zero-order chi connectivity index (χ0) is 22.2. The Morgan fingerprint density at radius 1 is 1.25 bits per heavy atom. The molecule has 2 N–H and O–H groups in total. The Labute approximate surface area is 183 Å². The van der Waals surface area contributed by atoms with Gasteiger partial charge in [-0.1, -0.05) is 0 Å².